The fourth-order valence-electron chi connectivity index (χ4n) is 3.49. The van der Waals surface area contributed by atoms with Crippen molar-refractivity contribution in [1.82, 2.24) is 24.9 Å². The van der Waals surface area contributed by atoms with E-state index in [1.54, 1.807) is 30.6 Å². The van der Waals surface area contributed by atoms with E-state index in [0.717, 1.165) is 16.6 Å². The quantitative estimate of drug-likeness (QED) is 0.351. The molecule has 9 heteroatoms. The summed E-state index contributed by atoms with van der Waals surface area (Å²) in [6.07, 6.45) is 1.64. The molecular weight excluding hydrogens is 448 g/mol. The zero-order chi connectivity index (χ0) is 23.3. The van der Waals surface area contributed by atoms with E-state index in [4.69, 9.17) is 0 Å². The lowest BCUT2D eigenvalue weighted by molar-refractivity contribution is -0.113. The minimum atomic E-state index is -0.182. The van der Waals surface area contributed by atoms with Gasteiger partial charge in [-0.1, -0.05) is 54.2 Å². The first-order chi connectivity index (χ1) is 16.7. The van der Waals surface area contributed by atoms with Gasteiger partial charge in [0.1, 0.15) is 11.4 Å². The van der Waals surface area contributed by atoms with Crippen LogP contribution in [0.15, 0.2) is 90.2 Å². The molecule has 0 fully saturated rings. The fraction of sp³-hybridized carbons (Fsp3) is 0.0800. The van der Waals surface area contributed by atoms with Crippen LogP contribution in [-0.2, 0) is 11.3 Å². The molecule has 0 spiro atoms. The predicted molar refractivity (Wildman–Crippen MR) is 132 cm³/mol. The van der Waals surface area contributed by atoms with Gasteiger partial charge in [-0.3, -0.25) is 14.0 Å². The molecule has 8 nitrogen and oxygen atoms in total. The average Bonchev–Trinajstić information content (AvgIpc) is 3.38. The van der Waals surface area contributed by atoms with Crippen molar-refractivity contribution >= 4 is 45.9 Å². The number of benzene rings is 3. The number of hydrogen-bond acceptors (Lipinski definition) is 6. The second-order valence-corrected chi connectivity index (χ2v) is 8.48. The second kappa shape index (κ2) is 9.72. The number of hydrogen-bond donors (Lipinski definition) is 2. The maximum atomic E-state index is 12.5. The number of para-hydroxylation sites is 2. The molecule has 0 atom stereocenters. The molecule has 0 saturated carbocycles. The summed E-state index contributed by atoms with van der Waals surface area (Å²) in [6, 6.07) is 24.2. The van der Waals surface area contributed by atoms with E-state index in [2.05, 4.69) is 25.8 Å². The smallest absolute Gasteiger partial charge is 0.251 e. The molecule has 2 N–H and O–H groups in total. The molecule has 5 rings (SSSR count). The van der Waals surface area contributed by atoms with Crippen molar-refractivity contribution in [3.05, 3.63) is 96.3 Å². The Morgan fingerprint density at radius 2 is 1.68 bits per heavy atom. The molecule has 0 unspecified atom stereocenters. The van der Waals surface area contributed by atoms with Crippen LogP contribution in [0.1, 0.15) is 15.9 Å². The van der Waals surface area contributed by atoms with Crippen molar-refractivity contribution in [3.8, 4) is 0 Å². The Morgan fingerprint density at radius 1 is 0.912 bits per heavy atom. The monoisotopic (exact) mass is 468 g/mol. The number of rotatable bonds is 7. The molecule has 2 heterocycles. The zero-order valence-corrected chi connectivity index (χ0v) is 18.8. The molecule has 0 aliphatic rings. The maximum absolute atomic E-state index is 12.5. The van der Waals surface area contributed by atoms with Gasteiger partial charge < -0.3 is 10.6 Å². The SMILES string of the molecule is O=C(CSc1nc2ccccc2n2cnnc12)Nc1ccc(C(=O)NCc2ccccc2)cc1. The van der Waals surface area contributed by atoms with E-state index in [0.29, 0.717) is 28.5 Å². The Morgan fingerprint density at radius 3 is 2.50 bits per heavy atom. The summed E-state index contributed by atoms with van der Waals surface area (Å²) in [6.45, 7) is 0.456. The molecule has 3 aromatic carbocycles. The van der Waals surface area contributed by atoms with Gasteiger partial charge in [0, 0.05) is 17.8 Å². The topological polar surface area (TPSA) is 101 Å². The highest BCUT2D eigenvalue weighted by Gasteiger charge is 2.13. The minimum Gasteiger partial charge on any atom is -0.348 e. The number of nitrogens with zero attached hydrogens (tertiary/aromatic N) is 4. The third kappa shape index (κ3) is 4.74. The molecule has 2 aromatic heterocycles. The zero-order valence-electron chi connectivity index (χ0n) is 18.0. The number of anilines is 1. The highest BCUT2D eigenvalue weighted by molar-refractivity contribution is 8.00. The van der Waals surface area contributed by atoms with Crippen LogP contribution in [0, 0.1) is 0 Å². The normalized spacial score (nSPS) is 10.9. The van der Waals surface area contributed by atoms with E-state index in [1.165, 1.54) is 11.8 Å². The lowest BCUT2D eigenvalue weighted by atomic mass is 10.1. The summed E-state index contributed by atoms with van der Waals surface area (Å²) in [5, 5.41) is 14.5. The number of carbonyl (C=O) groups is 2. The van der Waals surface area contributed by atoms with Crippen molar-refractivity contribution in [2.75, 3.05) is 11.1 Å². The van der Waals surface area contributed by atoms with Crippen molar-refractivity contribution in [2.24, 2.45) is 0 Å². The number of aromatic nitrogens is 4. The first kappa shape index (κ1) is 21.6. The van der Waals surface area contributed by atoms with Gasteiger partial charge in [-0.05, 0) is 42.0 Å². The lowest BCUT2D eigenvalue weighted by Gasteiger charge is -2.08. The highest BCUT2D eigenvalue weighted by Crippen LogP contribution is 2.24. The van der Waals surface area contributed by atoms with Crippen LogP contribution in [0.5, 0.6) is 0 Å². The molecule has 0 bridgehead atoms. The molecular formula is C25H20N6O2S. The summed E-state index contributed by atoms with van der Waals surface area (Å²) in [4.78, 5) is 29.5. The Hall–Kier alpha value is -4.24. The fourth-order valence-corrected chi connectivity index (χ4v) is 4.26. The molecule has 0 aliphatic carbocycles. The standard InChI is InChI=1S/C25H20N6O2S/c32-22(15-34-25-23-30-27-16-31(23)21-9-5-4-8-20(21)29-25)28-19-12-10-18(11-13-19)24(33)26-14-17-6-2-1-3-7-17/h1-13,16H,14-15H2,(H,26,33)(H,28,32). The molecule has 0 saturated heterocycles. The van der Waals surface area contributed by atoms with Crippen LogP contribution in [0.2, 0.25) is 0 Å². The van der Waals surface area contributed by atoms with Gasteiger partial charge >= 0.3 is 0 Å². The van der Waals surface area contributed by atoms with E-state index in [1.807, 2.05) is 59.0 Å². The second-order valence-electron chi connectivity index (χ2n) is 7.51. The van der Waals surface area contributed by atoms with Crippen LogP contribution < -0.4 is 10.6 Å². The predicted octanol–water partition coefficient (Wildman–Crippen LogP) is 3.94. The number of nitrogens with one attached hydrogen (secondary N) is 2. The third-order valence-electron chi connectivity index (χ3n) is 5.17. The van der Waals surface area contributed by atoms with Crippen LogP contribution in [0.4, 0.5) is 5.69 Å². The lowest BCUT2D eigenvalue weighted by Crippen LogP contribution is -2.22. The minimum absolute atomic E-state index is 0.160. The van der Waals surface area contributed by atoms with Crippen LogP contribution in [-0.4, -0.2) is 37.1 Å². The van der Waals surface area contributed by atoms with Crippen LogP contribution >= 0.6 is 11.8 Å². The summed E-state index contributed by atoms with van der Waals surface area (Å²) in [5.74, 6) is -0.191. The first-order valence-corrected chi connectivity index (χ1v) is 11.6. The van der Waals surface area contributed by atoms with E-state index in [-0.39, 0.29) is 17.6 Å². The van der Waals surface area contributed by atoms with E-state index in [9.17, 15) is 9.59 Å². The Bertz CT molecular complexity index is 1470. The number of fused-ring (bicyclic) bond motifs is 3. The Labute approximate surface area is 199 Å². The van der Waals surface area contributed by atoms with Gasteiger partial charge in [0.15, 0.2) is 5.65 Å². The third-order valence-corrected chi connectivity index (χ3v) is 6.12. The van der Waals surface area contributed by atoms with Crippen molar-refractivity contribution in [1.29, 1.82) is 0 Å². The Kier molecular flexibility index (Phi) is 6.17. The van der Waals surface area contributed by atoms with Crippen LogP contribution in [0.25, 0.3) is 16.7 Å². The molecule has 0 radical (unpaired) electrons. The Balaban J connectivity index is 1.19. The summed E-state index contributed by atoms with van der Waals surface area (Å²) < 4.78 is 1.87. The van der Waals surface area contributed by atoms with Gasteiger partial charge in [-0.2, -0.15) is 0 Å². The molecule has 2 amide bonds. The van der Waals surface area contributed by atoms with Crippen molar-refractivity contribution in [3.63, 3.8) is 0 Å². The molecule has 168 valence electrons. The summed E-state index contributed by atoms with van der Waals surface area (Å²) in [7, 11) is 0. The summed E-state index contributed by atoms with van der Waals surface area (Å²) in [5.41, 5.74) is 4.49. The molecule has 5 aromatic rings. The van der Waals surface area contributed by atoms with Crippen molar-refractivity contribution < 1.29 is 9.59 Å². The molecule has 34 heavy (non-hydrogen) atoms. The van der Waals surface area contributed by atoms with Crippen molar-refractivity contribution in [2.45, 2.75) is 11.6 Å². The largest absolute Gasteiger partial charge is 0.348 e. The van der Waals surface area contributed by atoms with Gasteiger partial charge in [-0.15, -0.1) is 10.2 Å². The highest BCUT2D eigenvalue weighted by atomic mass is 32.2. The number of thioether (sulfide) groups is 1. The van der Waals surface area contributed by atoms with Gasteiger partial charge in [0.05, 0.1) is 16.8 Å². The number of carbonyl (C=O) groups excluding carboxylic acids is 2. The van der Waals surface area contributed by atoms with Crippen LogP contribution in [0.3, 0.4) is 0 Å². The average molecular weight is 469 g/mol. The van der Waals surface area contributed by atoms with E-state index < -0.39 is 0 Å². The van der Waals surface area contributed by atoms with Gasteiger partial charge in [0.2, 0.25) is 5.91 Å². The van der Waals surface area contributed by atoms with Gasteiger partial charge in [-0.25, -0.2) is 4.98 Å². The maximum Gasteiger partial charge on any atom is 0.251 e. The van der Waals surface area contributed by atoms with Gasteiger partial charge in [0.25, 0.3) is 5.91 Å². The number of amides is 2. The van der Waals surface area contributed by atoms with E-state index >= 15 is 0 Å². The summed E-state index contributed by atoms with van der Waals surface area (Å²) >= 11 is 1.30. The molecule has 0 aliphatic heterocycles. The first-order valence-electron chi connectivity index (χ1n) is 10.6.